The standard InChI is InChI=1S/C18H20N2O4S/c1-5-10-24-16-12(8-7-9-13(16)22-4)15-14(17(21)23-6-2)11(3)19-18(25)20-15/h1,7-9,15H,6,10H2,2-4H3,(H2,19,20,25). The van der Waals surface area contributed by atoms with Gasteiger partial charge in [0.05, 0.1) is 25.3 Å². The number of allylic oxidation sites excluding steroid dienone is 1. The number of esters is 1. The van der Waals surface area contributed by atoms with Gasteiger partial charge in [-0.25, -0.2) is 4.79 Å². The minimum absolute atomic E-state index is 0.0697. The minimum atomic E-state index is -0.546. The van der Waals surface area contributed by atoms with E-state index in [9.17, 15) is 4.79 Å². The first-order chi connectivity index (χ1) is 12.0. The number of thiocarbonyl (C=S) groups is 1. The van der Waals surface area contributed by atoms with Crippen molar-refractivity contribution in [2.24, 2.45) is 0 Å². The average molecular weight is 360 g/mol. The van der Waals surface area contributed by atoms with Gasteiger partial charge in [-0.1, -0.05) is 18.1 Å². The van der Waals surface area contributed by atoms with Gasteiger partial charge in [-0.2, -0.15) is 0 Å². The van der Waals surface area contributed by atoms with E-state index < -0.39 is 12.0 Å². The molecule has 1 aromatic rings. The summed E-state index contributed by atoms with van der Waals surface area (Å²) in [6, 6.07) is 4.85. The second kappa shape index (κ2) is 8.40. The molecule has 1 aromatic carbocycles. The van der Waals surface area contributed by atoms with Gasteiger partial charge in [0, 0.05) is 11.3 Å². The molecule has 1 atom stereocenters. The van der Waals surface area contributed by atoms with Crippen molar-refractivity contribution in [3.63, 3.8) is 0 Å². The summed E-state index contributed by atoms with van der Waals surface area (Å²) in [4.78, 5) is 12.5. The second-order valence-electron chi connectivity index (χ2n) is 5.16. The van der Waals surface area contributed by atoms with Crippen LogP contribution in [0.15, 0.2) is 29.5 Å². The monoisotopic (exact) mass is 360 g/mol. The Labute approximate surface area is 152 Å². The van der Waals surface area contributed by atoms with E-state index in [2.05, 4.69) is 16.6 Å². The third-order valence-electron chi connectivity index (χ3n) is 3.60. The SMILES string of the molecule is C#CCOc1c(OC)cccc1C1NC(=S)NC(C)=C1C(=O)OCC. The summed E-state index contributed by atoms with van der Waals surface area (Å²) in [5.74, 6) is 2.97. The van der Waals surface area contributed by atoms with E-state index >= 15 is 0 Å². The maximum atomic E-state index is 12.5. The van der Waals surface area contributed by atoms with Gasteiger partial charge in [0.1, 0.15) is 6.61 Å². The molecule has 0 spiro atoms. The number of nitrogens with one attached hydrogen (secondary N) is 2. The lowest BCUT2D eigenvalue weighted by Gasteiger charge is -2.31. The Hall–Kier alpha value is -2.72. The first-order valence-electron chi connectivity index (χ1n) is 7.72. The summed E-state index contributed by atoms with van der Waals surface area (Å²) in [6.07, 6.45) is 5.31. The number of methoxy groups -OCH3 is 1. The molecule has 25 heavy (non-hydrogen) atoms. The van der Waals surface area contributed by atoms with Crippen LogP contribution in [-0.2, 0) is 9.53 Å². The van der Waals surface area contributed by atoms with E-state index in [1.54, 1.807) is 19.9 Å². The first-order valence-corrected chi connectivity index (χ1v) is 8.12. The molecule has 0 saturated heterocycles. The summed E-state index contributed by atoms with van der Waals surface area (Å²) < 4.78 is 16.2. The topological polar surface area (TPSA) is 68.8 Å². The number of para-hydroxylation sites is 1. The molecule has 1 heterocycles. The molecule has 0 aromatic heterocycles. The number of carbonyl (C=O) groups excluding carboxylic acids is 1. The van der Waals surface area contributed by atoms with E-state index in [0.717, 1.165) is 0 Å². The molecular weight excluding hydrogens is 340 g/mol. The zero-order chi connectivity index (χ0) is 18.4. The van der Waals surface area contributed by atoms with E-state index in [1.807, 2.05) is 12.1 Å². The highest BCUT2D eigenvalue weighted by Crippen LogP contribution is 2.39. The molecule has 132 valence electrons. The highest BCUT2D eigenvalue weighted by atomic mass is 32.1. The van der Waals surface area contributed by atoms with Gasteiger partial charge in [-0.3, -0.25) is 0 Å². The van der Waals surface area contributed by atoms with Crippen LogP contribution in [0.2, 0.25) is 0 Å². The van der Waals surface area contributed by atoms with Crippen LogP contribution in [0.1, 0.15) is 25.5 Å². The normalized spacial score (nSPS) is 16.4. The number of hydrogen-bond donors (Lipinski definition) is 2. The smallest absolute Gasteiger partial charge is 0.338 e. The van der Waals surface area contributed by atoms with Gasteiger partial charge in [0.15, 0.2) is 16.6 Å². The van der Waals surface area contributed by atoms with Crippen LogP contribution < -0.4 is 20.1 Å². The third-order valence-corrected chi connectivity index (χ3v) is 3.82. The number of terminal acetylenes is 1. The quantitative estimate of drug-likeness (QED) is 0.457. The van der Waals surface area contributed by atoms with Gasteiger partial charge in [-0.15, -0.1) is 6.42 Å². The van der Waals surface area contributed by atoms with Crippen molar-refractivity contribution in [2.75, 3.05) is 20.3 Å². The van der Waals surface area contributed by atoms with Crippen molar-refractivity contribution in [3.05, 3.63) is 35.0 Å². The fraction of sp³-hybridized carbons (Fsp3) is 0.333. The molecule has 0 fully saturated rings. The molecule has 0 radical (unpaired) electrons. The van der Waals surface area contributed by atoms with Crippen LogP contribution in [0.5, 0.6) is 11.5 Å². The minimum Gasteiger partial charge on any atom is -0.493 e. The fourth-order valence-corrected chi connectivity index (χ4v) is 2.87. The zero-order valence-corrected chi connectivity index (χ0v) is 15.2. The summed E-state index contributed by atoms with van der Waals surface area (Å²) in [5.41, 5.74) is 1.73. The summed E-state index contributed by atoms with van der Waals surface area (Å²) in [7, 11) is 1.54. The van der Waals surface area contributed by atoms with Crippen molar-refractivity contribution in [1.29, 1.82) is 0 Å². The van der Waals surface area contributed by atoms with Gasteiger partial charge < -0.3 is 24.8 Å². The third kappa shape index (κ3) is 4.03. The first kappa shape index (κ1) is 18.6. The molecule has 1 unspecified atom stereocenters. The van der Waals surface area contributed by atoms with Crippen molar-refractivity contribution in [3.8, 4) is 23.8 Å². The van der Waals surface area contributed by atoms with Crippen LogP contribution in [-0.4, -0.2) is 31.4 Å². The second-order valence-corrected chi connectivity index (χ2v) is 5.57. The Morgan fingerprint density at radius 3 is 2.84 bits per heavy atom. The number of carbonyl (C=O) groups is 1. The molecule has 1 aliphatic rings. The highest BCUT2D eigenvalue weighted by Gasteiger charge is 2.33. The van der Waals surface area contributed by atoms with Gasteiger partial charge in [-0.05, 0) is 32.1 Å². The lowest BCUT2D eigenvalue weighted by Crippen LogP contribution is -2.45. The molecule has 0 amide bonds. The number of hydrogen-bond acceptors (Lipinski definition) is 5. The molecule has 2 rings (SSSR count). The van der Waals surface area contributed by atoms with E-state index in [-0.39, 0.29) is 13.2 Å². The molecule has 6 nitrogen and oxygen atoms in total. The predicted molar refractivity (Wildman–Crippen MR) is 98.3 cm³/mol. The number of ether oxygens (including phenoxy) is 3. The van der Waals surface area contributed by atoms with Gasteiger partial charge in [0.25, 0.3) is 0 Å². The Kier molecular flexibility index (Phi) is 6.25. The highest BCUT2D eigenvalue weighted by molar-refractivity contribution is 7.80. The molecular formula is C18H20N2O4S. The molecule has 7 heteroatoms. The van der Waals surface area contributed by atoms with Crippen molar-refractivity contribution in [1.82, 2.24) is 10.6 Å². The lowest BCUT2D eigenvalue weighted by molar-refractivity contribution is -0.139. The Balaban J connectivity index is 2.57. The van der Waals surface area contributed by atoms with Crippen molar-refractivity contribution >= 4 is 23.3 Å². The van der Waals surface area contributed by atoms with Crippen LogP contribution in [0, 0.1) is 12.3 Å². The molecule has 0 saturated carbocycles. The van der Waals surface area contributed by atoms with Crippen LogP contribution in [0.4, 0.5) is 0 Å². The number of rotatable bonds is 6. The Morgan fingerprint density at radius 2 is 2.20 bits per heavy atom. The molecule has 2 N–H and O–H groups in total. The molecule has 0 aliphatic carbocycles. The average Bonchev–Trinajstić information content (AvgIpc) is 2.58. The van der Waals surface area contributed by atoms with E-state index in [1.165, 1.54) is 7.11 Å². The summed E-state index contributed by atoms with van der Waals surface area (Å²) in [5, 5.41) is 6.45. The van der Waals surface area contributed by atoms with E-state index in [4.69, 9.17) is 32.9 Å². The Morgan fingerprint density at radius 1 is 1.44 bits per heavy atom. The van der Waals surface area contributed by atoms with Crippen molar-refractivity contribution < 1.29 is 19.0 Å². The molecule has 1 aliphatic heterocycles. The van der Waals surface area contributed by atoms with Gasteiger partial charge >= 0.3 is 5.97 Å². The van der Waals surface area contributed by atoms with Crippen LogP contribution in [0.3, 0.4) is 0 Å². The largest absolute Gasteiger partial charge is 0.493 e. The van der Waals surface area contributed by atoms with E-state index in [0.29, 0.717) is 33.4 Å². The van der Waals surface area contributed by atoms with Crippen molar-refractivity contribution in [2.45, 2.75) is 19.9 Å². The van der Waals surface area contributed by atoms with Crippen LogP contribution >= 0.6 is 12.2 Å². The van der Waals surface area contributed by atoms with Crippen LogP contribution in [0.25, 0.3) is 0 Å². The summed E-state index contributed by atoms with van der Waals surface area (Å²) in [6.45, 7) is 3.87. The number of benzene rings is 1. The summed E-state index contributed by atoms with van der Waals surface area (Å²) >= 11 is 5.24. The zero-order valence-electron chi connectivity index (χ0n) is 14.3. The lowest BCUT2D eigenvalue weighted by atomic mass is 9.94. The predicted octanol–water partition coefficient (Wildman–Crippen LogP) is 2.06. The van der Waals surface area contributed by atoms with Gasteiger partial charge in [0.2, 0.25) is 0 Å². The maximum absolute atomic E-state index is 12.5. The fourth-order valence-electron chi connectivity index (χ4n) is 2.60. The Bertz CT molecular complexity index is 752. The molecule has 0 bridgehead atoms. The maximum Gasteiger partial charge on any atom is 0.338 e.